The van der Waals surface area contributed by atoms with Gasteiger partial charge in [0.25, 0.3) is 10.2 Å². The maximum absolute atomic E-state index is 11.7. The molecule has 0 aliphatic rings. The molecule has 0 aromatic carbocycles. The fourth-order valence-electron chi connectivity index (χ4n) is 0.863. The number of methoxy groups -OCH3 is 1. The van der Waals surface area contributed by atoms with Crippen molar-refractivity contribution in [1.82, 2.24) is 9.03 Å². The second-order valence-corrected chi connectivity index (χ2v) is 5.34. The number of carbonyl (C=O) groups is 1. The lowest BCUT2D eigenvalue weighted by molar-refractivity contribution is -0.140. The van der Waals surface area contributed by atoms with Crippen molar-refractivity contribution in [3.05, 3.63) is 0 Å². The summed E-state index contributed by atoms with van der Waals surface area (Å²) in [6, 6.07) is -1.54. The van der Waals surface area contributed by atoms with Gasteiger partial charge in [-0.1, -0.05) is 0 Å². The van der Waals surface area contributed by atoms with Gasteiger partial charge in [-0.3, -0.25) is 4.79 Å². The summed E-state index contributed by atoms with van der Waals surface area (Å²) in [7, 11) is -1.13. The number of nitrogens with one attached hydrogen (secondary N) is 1. The van der Waals surface area contributed by atoms with Gasteiger partial charge in [0.1, 0.15) is 6.04 Å². The van der Waals surface area contributed by atoms with Gasteiger partial charge >= 0.3 is 5.97 Å². The third-order valence-electron chi connectivity index (χ3n) is 2.03. The molecule has 0 aliphatic carbocycles. The van der Waals surface area contributed by atoms with Gasteiger partial charge in [-0.05, 0) is 13.8 Å². The molecule has 0 heterocycles. The Labute approximate surface area is 95.6 Å². The Morgan fingerprint density at radius 1 is 1.50 bits per heavy atom. The highest BCUT2D eigenvalue weighted by Gasteiger charge is 2.28. The standard InChI is InChI=1S/C8H18N2O5S/c1-6(2)10(3)16(13,14)9-7(5-15-4)8(11)12/h6-7,9H,5H2,1-4H3,(H,11,12). The molecular formula is C8H18N2O5S. The molecule has 1 atom stereocenters. The first-order valence-electron chi connectivity index (χ1n) is 4.69. The molecule has 0 saturated carbocycles. The highest BCUT2D eigenvalue weighted by Crippen LogP contribution is 2.02. The van der Waals surface area contributed by atoms with E-state index >= 15 is 0 Å². The summed E-state index contributed by atoms with van der Waals surface area (Å²) in [6.45, 7) is 3.15. The zero-order valence-corrected chi connectivity index (χ0v) is 10.6. The monoisotopic (exact) mass is 254 g/mol. The molecule has 96 valence electrons. The number of hydrogen-bond acceptors (Lipinski definition) is 4. The first kappa shape index (κ1) is 15.3. The van der Waals surface area contributed by atoms with Crippen LogP contribution in [0.2, 0.25) is 0 Å². The first-order valence-corrected chi connectivity index (χ1v) is 6.13. The fourth-order valence-corrected chi connectivity index (χ4v) is 2.11. The Hall–Kier alpha value is -0.700. The number of nitrogens with zero attached hydrogens (tertiary/aromatic N) is 1. The number of carboxylic acid groups (broad SMARTS) is 1. The van der Waals surface area contributed by atoms with E-state index in [0.717, 1.165) is 4.31 Å². The Morgan fingerprint density at radius 2 is 2.00 bits per heavy atom. The van der Waals surface area contributed by atoms with Gasteiger partial charge in [-0.2, -0.15) is 17.4 Å². The van der Waals surface area contributed by atoms with Crippen LogP contribution in [0.4, 0.5) is 0 Å². The van der Waals surface area contributed by atoms with Crippen LogP contribution in [0.1, 0.15) is 13.8 Å². The number of carboxylic acids is 1. The van der Waals surface area contributed by atoms with Crippen LogP contribution in [0.15, 0.2) is 0 Å². The van der Waals surface area contributed by atoms with Crippen molar-refractivity contribution in [2.24, 2.45) is 0 Å². The van der Waals surface area contributed by atoms with Gasteiger partial charge in [0.15, 0.2) is 0 Å². The van der Waals surface area contributed by atoms with Crippen molar-refractivity contribution in [2.45, 2.75) is 25.9 Å². The number of aliphatic carboxylic acids is 1. The lowest BCUT2D eigenvalue weighted by Crippen LogP contribution is -2.50. The number of ether oxygens (including phenoxy) is 1. The highest BCUT2D eigenvalue weighted by atomic mass is 32.2. The minimum atomic E-state index is -3.80. The molecule has 0 aromatic rings. The molecule has 0 spiro atoms. The van der Waals surface area contributed by atoms with Gasteiger partial charge in [0, 0.05) is 20.2 Å². The van der Waals surface area contributed by atoms with E-state index in [1.807, 2.05) is 4.72 Å². The lowest BCUT2D eigenvalue weighted by Gasteiger charge is -2.23. The summed E-state index contributed by atoms with van der Waals surface area (Å²) in [5.41, 5.74) is 0. The third kappa shape index (κ3) is 4.44. The molecule has 0 rings (SSSR count). The molecule has 0 aliphatic heterocycles. The molecule has 0 aromatic heterocycles. The van der Waals surface area contributed by atoms with Crippen LogP contribution in [-0.2, 0) is 19.7 Å². The maximum Gasteiger partial charge on any atom is 0.324 e. The van der Waals surface area contributed by atoms with Crippen molar-refractivity contribution >= 4 is 16.2 Å². The van der Waals surface area contributed by atoms with Crippen LogP contribution < -0.4 is 4.72 Å². The van der Waals surface area contributed by atoms with E-state index in [1.54, 1.807) is 13.8 Å². The Kier molecular flexibility index (Phi) is 5.87. The van der Waals surface area contributed by atoms with E-state index < -0.39 is 22.2 Å². The summed E-state index contributed by atoms with van der Waals surface area (Å²) in [4.78, 5) is 10.7. The molecule has 1 unspecified atom stereocenters. The van der Waals surface area contributed by atoms with Gasteiger partial charge in [-0.15, -0.1) is 0 Å². The highest BCUT2D eigenvalue weighted by molar-refractivity contribution is 7.87. The average Bonchev–Trinajstić information content (AvgIpc) is 2.15. The SMILES string of the molecule is COCC(NS(=O)(=O)N(C)C(C)C)C(=O)O. The predicted molar refractivity (Wildman–Crippen MR) is 58.3 cm³/mol. The van der Waals surface area contributed by atoms with E-state index in [-0.39, 0.29) is 12.6 Å². The van der Waals surface area contributed by atoms with Gasteiger partial charge in [0.05, 0.1) is 6.61 Å². The predicted octanol–water partition coefficient (Wildman–Crippen LogP) is -0.739. The molecule has 0 fully saturated rings. The second-order valence-electron chi connectivity index (χ2n) is 3.58. The number of rotatable bonds is 7. The van der Waals surface area contributed by atoms with E-state index in [2.05, 4.69) is 4.74 Å². The molecule has 7 nitrogen and oxygen atoms in total. The average molecular weight is 254 g/mol. The molecular weight excluding hydrogens is 236 g/mol. The zero-order chi connectivity index (χ0) is 12.9. The minimum Gasteiger partial charge on any atom is -0.480 e. The summed E-state index contributed by atoms with van der Waals surface area (Å²) < 4.78 is 31.0. The molecule has 0 amide bonds. The summed E-state index contributed by atoms with van der Waals surface area (Å²) in [5, 5.41) is 8.76. The van der Waals surface area contributed by atoms with Crippen LogP contribution in [0.3, 0.4) is 0 Å². The van der Waals surface area contributed by atoms with Crippen LogP contribution in [0.5, 0.6) is 0 Å². The van der Waals surface area contributed by atoms with Gasteiger partial charge in [0.2, 0.25) is 0 Å². The van der Waals surface area contributed by atoms with Crippen LogP contribution in [0, 0.1) is 0 Å². The van der Waals surface area contributed by atoms with E-state index in [1.165, 1.54) is 14.2 Å². The molecule has 0 bridgehead atoms. The Bertz CT molecular complexity index is 327. The van der Waals surface area contributed by atoms with Crippen molar-refractivity contribution in [2.75, 3.05) is 20.8 Å². The summed E-state index contributed by atoms with van der Waals surface area (Å²) >= 11 is 0. The van der Waals surface area contributed by atoms with Crippen molar-refractivity contribution in [3.63, 3.8) is 0 Å². The summed E-state index contributed by atoms with van der Waals surface area (Å²) in [6.07, 6.45) is 0. The molecule has 0 saturated heterocycles. The topological polar surface area (TPSA) is 95.9 Å². The molecule has 8 heteroatoms. The molecule has 2 N–H and O–H groups in total. The van der Waals surface area contributed by atoms with Crippen molar-refractivity contribution < 1.29 is 23.1 Å². The molecule has 0 radical (unpaired) electrons. The largest absolute Gasteiger partial charge is 0.480 e. The Morgan fingerprint density at radius 3 is 2.31 bits per heavy atom. The minimum absolute atomic E-state index is 0.222. The number of hydrogen-bond donors (Lipinski definition) is 2. The van der Waals surface area contributed by atoms with Crippen molar-refractivity contribution in [3.8, 4) is 0 Å². The van der Waals surface area contributed by atoms with Crippen molar-refractivity contribution in [1.29, 1.82) is 0 Å². The molecule has 16 heavy (non-hydrogen) atoms. The fraction of sp³-hybridized carbons (Fsp3) is 0.875. The Balaban J connectivity index is 4.73. The van der Waals surface area contributed by atoms with E-state index in [0.29, 0.717) is 0 Å². The third-order valence-corrected chi connectivity index (χ3v) is 3.79. The summed E-state index contributed by atoms with van der Waals surface area (Å²) in [5.74, 6) is -1.28. The lowest BCUT2D eigenvalue weighted by atomic mass is 10.3. The quantitative estimate of drug-likeness (QED) is 0.624. The van der Waals surface area contributed by atoms with Crippen LogP contribution in [-0.4, -0.2) is 56.6 Å². The van der Waals surface area contributed by atoms with E-state index in [4.69, 9.17) is 5.11 Å². The second kappa shape index (κ2) is 6.14. The normalized spacial score (nSPS) is 14.4. The van der Waals surface area contributed by atoms with Gasteiger partial charge in [-0.25, -0.2) is 0 Å². The van der Waals surface area contributed by atoms with Gasteiger partial charge < -0.3 is 9.84 Å². The first-order chi connectivity index (χ1) is 7.22. The smallest absolute Gasteiger partial charge is 0.324 e. The zero-order valence-electron chi connectivity index (χ0n) is 9.80. The van der Waals surface area contributed by atoms with Crippen LogP contribution in [0.25, 0.3) is 0 Å². The van der Waals surface area contributed by atoms with E-state index in [9.17, 15) is 13.2 Å². The van der Waals surface area contributed by atoms with Crippen LogP contribution >= 0.6 is 0 Å². The maximum atomic E-state index is 11.7.